The highest BCUT2D eigenvalue weighted by molar-refractivity contribution is 7.98. The average molecular weight is 230 g/mol. The van der Waals surface area contributed by atoms with Gasteiger partial charge in [-0.1, -0.05) is 13.8 Å². The Morgan fingerprint density at radius 1 is 1.47 bits per heavy atom. The smallest absolute Gasteiger partial charge is 0.0117 e. The zero-order valence-electron chi connectivity index (χ0n) is 10.5. The largest absolute Gasteiger partial charge is 0.314 e. The number of likely N-dealkylation sites (tertiary alicyclic amines) is 1. The molecule has 1 aliphatic rings. The van der Waals surface area contributed by atoms with Gasteiger partial charge in [0.2, 0.25) is 0 Å². The SMILES string of the molecule is CCN1CCC(NCCCSC)C(C)C1. The Hall–Kier alpha value is 0.270. The predicted octanol–water partition coefficient (Wildman–Crippen LogP) is 2.06. The van der Waals surface area contributed by atoms with Crippen LogP contribution in [-0.4, -0.2) is 49.1 Å². The van der Waals surface area contributed by atoms with Gasteiger partial charge in [0, 0.05) is 12.6 Å². The molecule has 2 nitrogen and oxygen atoms in total. The summed E-state index contributed by atoms with van der Waals surface area (Å²) in [6, 6.07) is 0.759. The van der Waals surface area contributed by atoms with Gasteiger partial charge in [0.1, 0.15) is 0 Å². The minimum Gasteiger partial charge on any atom is -0.314 e. The average Bonchev–Trinajstić information content (AvgIpc) is 2.26. The van der Waals surface area contributed by atoms with Crippen LogP contribution in [0.1, 0.15) is 26.7 Å². The molecule has 1 N–H and O–H groups in total. The van der Waals surface area contributed by atoms with E-state index in [0.717, 1.165) is 12.0 Å². The number of hydrogen-bond donors (Lipinski definition) is 1. The summed E-state index contributed by atoms with van der Waals surface area (Å²) < 4.78 is 0. The topological polar surface area (TPSA) is 15.3 Å². The van der Waals surface area contributed by atoms with Crippen molar-refractivity contribution >= 4 is 11.8 Å². The first-order valence-corrected chi connectivity index (χ1v) is 7.62. The van der Waals surface area contributed by atoms with Crippen molar-refractivity contribution in [2.24, 2.45) is 5.92 Å². The quantitative estimate of drug-likeness (QED) is 0.703. The molecule has 1 fully saturated rings. The molecule has 0 aromatic heterocycles. The van der Waals surface area contributed by atoms with Gasteiger partial charge < -0.3 is 10.2 Å². The van der Waals surface area contributed by atoms with Gasteiger partial charge >= 0.3 is 0 Å². The minimum atomic E-state index is 0.759. The van der Waals surface area contributed by atoms with Crippen molar-refractivity contribution < 1.29 is 0 Å². The third-order valence-electron chi connectivity index (χ3n) is 3.37. The Labute approximate surface area is 99.2 Å². The van der Waals surface area contributed by atoms with Gasteiger partial charge in [0.25, 0.3) is 0 Å². The number of rotatable bonds is 6. The Balaban J connectivity index is 2.14. The predicted molar refractivity (Wildman–Crippen MR) is 70.7 cm³/mol. The highest BCUT2D eigenvalue weighted by Crippen LogP contribution is 2.16. The summed E-state index contributed by atoms with van der Waals surface area (Å²) in [5.74, 6) is 2.10. The highest BCUT2D eigenvalue weighted by Gasteiger charge is 2.24. The lowest BCUT2D eigenvalue weighted by Crippen LogP contribution is -2.48. The van der Waals surface area contributed by atoms with Crippen LogP contribution in [0.4, 0.5) is 0 Å². The van der Waals surface area contributed by atoms with Crippen molar-refractivity contribution in [3.63, 3.8) is 0 Å². The zero-order chi connectivity index (χ0) is 11.1. The maximum atomic E-state index is 3.71. The Kier molecular flexibility index (Phi) is 6.69. The van der Waals surface area contributed by atoms with Crippen LogP contribution in [0.3, 0.4) is 0 Å². The minimum absolute atomic E-state index is 0.759. The third-order valence-corrected chi connectivity index (χ3v) is 4.07. The van der Waals surface area contributed by atoms with E-state index in [2.05, 4.69) is 30.3 Å². The third kappa shape index (κ3) is 4.75. The molecule has 1 rings (SSSR count). The van der Waals surface area contributed by atoms with Gasteiger partial charge in [0.05, 0.1) is 0 Å². The fraction of sp³-hybridized carbons (Fsp3) is 1.00. The van der Waals surface area contributed by atoms with Crippen LogP contribution in [0.5, 0.6) is 0 Å². The van der Waals surface area contributed by atoms with E-state index in [0.29, 0.717) is 0 Å². The Bertz CT molecular complexity index is 164. The summed E-state index contributed by atoms with van der Waals surface area (Å²) in [5, 5.41) is 3.71. The second-order valence-electron chi connectivity index (χ2n) is 4.57. The molecule has 1 heterocycles. The zero-order valence-corrected chi connectivity index (χ0v) is 11.3. The molecule has 15 heavy (non-hydrogen) atoms. The molecule has 0 spiro atoms. The molecule has 1 aliphatic heterocycles. The number of nitrogens with one attached hydrogen (secondary N) is 1. The van der Waals surface area contributed by atoms with Gasteiger partial charge in [-0.2, -0.15) is 11.8 Å². The molecule has 1 saturated heterocycles. The molecule has 2 atom stereocenters. The van der Waals surface area contributed by atoms with Gasteiger partial charge in [-0.05, 0) is 50.4 Å². The molecule has 0 bridgehead atoms. The Morgan fingerprint density at radius 2 is 2.27 bits per heavy atom. The monoisotopic (exact) mass is 230 g/mol. The second kappa shape index (κ2) is 7.53. The first-order valence-electron chi connectivity index (χ1n) is 6.22. The van der Waals surface area contributed by atoms with E-state index in [1.165, 1.54) is 44.8 Å². The maximum absolute atomic E-state index is 3.71. The first-order chi connectivity index (χ1) is 7.27. The summed E-state index contributed by atoms with van der Waals surface area (Å²) in [6.45, 7) is 9.61. The van der Waals surface area contributed by atoms with Gasteiger partial charge in [-0.3, -0.25) is 0 Å². The molecule has 90 valence electrons. The van der Waals surface area contributed by atoms with E-state index in [-0.39, 0.29) is 0 Å². The van der Waals surface area contributed by atoms with Crippen molar-refractivity contribution in [2.45, 2.75) is 32.7 Å². The van der Waals surface area contributed by atoms with Crippen LogP contribution in [0.2, 0.25) is 0 Å². The van der Waals surface area contributed by atoms with Crippen LogP contribution in [0.15, 0.2) is 0 Å². The molecule has 0 aromatic rings. The van der Waals surface area contributed by atoms with Gasteiger partial charge in [-0.15, -0.1) is 0 Å². The first kappa shape index (κ1) is 13.3. The lowest BCUT2D eigenvalue weighted by atomic mass is 9.94. The van der Waals surface area contributed by atoms with Crippen molar-refractivity contribution in [1.29, 1.82) is 0 Å². The molecule has 2 unspecified atom stereocenters. The van der Waals surface area contributed by atoms with Crippen molar-refractivity contribution in [1.82, 2.24) is 10.2 Å². The number of thioether (sulfide) groups is 1. The maximum Gasteiger partial charge on any atom is 0.0117 e. The van der Waals surface area contributed by atoms with E-state index >= 15 is 0 Å². The summed E-state index contributed by atoms with van der Waals surface area (Å²) in [7, 11) is 0. The second-order valence-corrected chi connectivity index (χ2v) is 5.55. The van der Waals surface area contributed by atoms with Crippen molar-refractivity contribution in [2.75, 3.05) is 38.2 Å². The summed E-state index contributed by atoms with van der Waals surface area (Å²) >= 11 is 1.94. The van der Waals surface area contributed by atoms with Gasteiger partial charge in [0.15, 0.2) is 0 Å². The van der Waals surface area contributed by atoms with Crippen LogP contribution in [-0.2, 0) is 0 Å². The van der Waals surface area contributed by atoms with Crippen LogP contribution >= 0.6 is 11.8 Å². The molecular formula is C12H26N2S. The fourth-order valence-corrected chi connectivity index (χ4v) is 2.76. The standard InChI is InChI=1S/C12H26N2S/c1-4-14-8-6-12(11(2)10-14)13-7-5-9-15-3/h11-13H,4-10H2,1-3H3. The van der Waals surface area contributed by atoms with Crippen molar-refractivity contribution in [3.05, 3.63) is 0 Å². The van der Waals surface area contributed by atoms with Crippen molar-refractivity contribution in [3.8, 4) is 0 Å². The molecule has 0 amide bonds. The van der Waals surface area contributed by atoms with E-state index in [9.17, 15) is 0 Å². The lowest BCUT2D eigenvalue weighted by Gasteiger charge is -2.36. The van der Waals surface area contributed by atoms with E-state index in [1.54, 1.807) is 0 Å². The van der Waals surface area contributed by atoms with E-state index in [4.69, 9.17) is 0 Å². The summed E-state index contributed by atoms with van der Waals surface area (Å²) in [4.78, 5) is 2.56. The molecular weight excluding hydrogens is 204 g/mol. The molecule has 3 heteroatoms. The number of nitrogens with zero attached hydrogens (tertiary/aromatic N) is 1. The van der Waals surface area contributed by atoms with Crippen LogP contribution < -0.4 is 5.32 Å². The fourth-order valence-electron chi connectivity index (χ4n) is 2.33. The lowest BCUT2D eigenvalue weighted by molar-refractivity contribution is 0.154. The molecule has 0 aromatic carbocycles. The number of hydrogen-bond acceptors (Lipinski definition) is 3. The Morgan fingerprint density at radius 3 is 2.87 bits per heavy atom. The summed E-state index contributed by atoms with van der Waals surface area (Å²) in [5.41, 5.74) is 0. The van der Waals surface area contributed by atoms with Gasteiger partial charge in [-0.25, -0.2) is 0 Å². The van der Waals surface area contributed by atoms with Crippen LogP contribution in [0.25, 0.3) is 0 Å². The number of piperidine rings is 1. The molecule has 0 radical (unpaired) electrons. The molecule has 0 saturated carbocycles. The molecule has 0 aliphatic carbocycles. The van der Waals surface area contributed by atoms with E-state index < -0.39 is 0 Å². The normalized spacial score (nSPS) is 28.2. The summed E-state index contributed by atoms with van der Waals surface area (Å²) in [6.07, 6.45) is 4.82. The van der Waals surface area contributed by atoms with E-state index in [1.807, 2.05) is 11.8 Å². The van der Waals surface area contributed by atoms with Crippen LogP contribution in [0, 0.1) is 5.92 Å². The highest BCUT2D eigenvalue weighted by atomic mass is 32.2.